The molecule has 0 aliphatic rings. The number of pyridine rings is 1. The summed E-state index contributed by atoms with van der Waals surface area (Å²) in [6.07, 6.45) is 3.38. The predicted octanol–water partition coefficient (Wildman–Crippen LogP) is 2.89. The van der Waals surface area contributed by atoms with E-state index in [2.05, 4.69) is 20.6 Å². The van der Waals surface area contributed by atoms with Crippen LogP contribution in [0.15, 0.2) is 48.8 Å². The Bertz CT molecular complexity index is 779. The number of aromatic nitrogens is 4. The SMILES string of the molecule is Fc1ccc(CNn2c(-c3ccncc3)n[nH]c2=S)cc1. The molecule has 0 amide bonds. The summed E-state index contributed by atoms with van der Waals surface area (Å²) < 4.78 is 15.0. The predicted molar refractivity (Wildman–Crippen MR) is 80.1 cm³/mol. The molecule has 0 aliphatic carbocycles. The van der Waals surface area contributed by atoms with E-state index < -0.39 is 0 Å². The van der Waals surface area contributed by atoms with Crippen molar-refractivity contribution in [3.8, 4) is 11.4 Å². The van der Waals surface area contributed by atoms with E-state index in [9.17, 15) is 4.39 Å². The van der Waals surface area contributed by atoms with Crippen molar-refractivity contribution in [2.24, 2.45) is 0 Å². The Morgan fingerprint density at radius 2 is 1.86 bits per heavy atom. The summed E-state index contributed by atoms with van der Waals surface area (Å²) >= 11 is 5.22. The van der Waals surface area contributed by atoms with Crippen LogP contribution in [0.3, 0.4) is 0 Å². The molecule has 0 unspecified atom stereocenters. The van der Waals surface area contributed by atoms with Crippen molar-refractivity contribution in [2.75, 3.05) is 5.43 Å². The summed E-state index contributed by atoms with van der Waals surface area (Å²) in [7, 11) is 0. The van der Waals surface area contributed by atoms with Crippen molar-refractivity contribution in [1.82, 2.24) is 19.9 Å². The molecule has 0 spiro atoms. The third kappa shape index (κ3) is 2.97. The molecule has 2 heterocycles. The first-order valence-electron chi connectivity index (χ1n) is 6.30. The van der Waals surface area contributed by atoms with Crippen LogP contribution in [0.25, 0.3) is 11.4 Å². The molecule has 3 rings (SSSR count). The number of rotatable bonds is 4. The minimum Gasteiger partial charge on any atom is -0.317 e. The molecular formula is C14H12FN5S. The quantitative estimate of drug-likeness (QED) is 0.728. The highest BCUT2D eigenvalue weighted by molar-refractivity contribution is 7.71. The standard InChI is InChI=1S/C14H12FN5S/c15-12-3-1-10(2-4-12)9-17-20-13(18-19-14(20)21)11-5-7-16-8-6-11/h1-8,17H,9H2,(H,19,21). The second-order valence-electron chi connectivity index (χ2n) is 4.39. The number of hydrogen-bond acceptors (Lipinski definition) is 4. The van der Waals surface area contributed by atoms with E-state index in [-0.39, 0.29) is 5.82 Å². The third-order valence-electron chi connectivity index (χ3n) is 2.97. The molecule has 7 heteroatoms. The molecule has 0 atom stereocenters. The van der Waals surface area contributed by atoms with Gasteiger partial charge in [-0.25, -0.2) is 14.2 Å². The Hall–Kier alpha value is -2.54. The lowest BCUT2D eigenvalue weighted by atomic mass is 10.2. The summed E-state index contributed by atoms with van der Waals surface area (Å²) in [5, 5.41) is 6.96. The van der Waals surface area contributed by atoms with Crippen LogP contribution in [0, 0.1) is 10.6 Å². The summed E-state index contributed by atoms with van der Waals surface area (Å²) in [5.74, 6) is 0.417. The largest absolute Gasteiger partial charge is 0.317 e. The van der Waals surface area contributed by atoms with Gasteiger partial charge in [0, 0.05) is 18.0 Å². The first kappa shape index (κ1) is 13.4. The topological polar surface area (TPSA) is 58.5 Å². The van der Waals surface area contributed by atoms with E-state index in [1.54, 1.807) is 29.2 Å². The van der Waals surface area contributed by atoms with E-state index in [1.807, 2.05) is 12.1 Å². The smallest absolute Gasteiger partial charge is 0.214 e. The van der Waals surface area contributed by atoms with Crippen molar-refractivity contribution in [3.05, 3.63) is 64.9 Å². The van der Waals surface area contributed by atoms with Gasteiger partial charge in [-0.3, -0.25) is 4.98 Å². The van der Waals surface area contributed by atoms with Crippen molar-refractivity contribution in [1.29, 1.82) is 0 Å². The Morgan fingerprint density at radius 3 is 2.57 bits per heavy atom. The molecule has 0 saturated carbocycles. The lowest BCUT2D eigenvalue weighted by Gasteiger charge is -2.10. The minimum atomic E-state index is -0.254. The molecule has 0 fully saturated rings. The third-order valence-corrected chi connectivity index (χ3v) is 3.24. The average molecular weight is 301 g/mol. The van der Waals surface area contributed by atoms with Gasteiger partial charge in [0.15, 0.2) is 5.82 Å². The fourth-order valence-electron chi connectivity index (χ4n) is 1.91. The van der Waals surface area contributed by atoms with Crippen LogP contribution >= 0.6 is 12.2 Å². The number of nitrogens with zero attached hydrogens (tertiary/aromatic N) is 3. The van der Waals surface area contributed by atoms with Gasteiger partial charge >= 0.3 is 0 Å². The van der Waals surface area contributed by atoms with Crippen LogP contribution < -0.4 is 5.43 Å². The molecule has 0 saturated heterocycles. The number of nitrogens with one attached hydrogen (secondary N) is 2. The minimum absolute atomic E-state index is 0.254. The number of hydrogen-bond donors (Lipinski definition) is 2. The second-order valence-corrected chi connectivity index (χ2v) is 4.77. The van der Waals surface area contributed by atoms with Crippen LogP contribution in [0.2, 0.25) is 0 Å². The van der Waals surface area contributed by atoms with Gasteiger partial charge in [0.05, 0.1) is 6.54 Å². The molecule has 3 aromatic rings. The maximum absolute atomic E-state index is 12.9. The number of halogens is 1. The van der Waals surface area contributed by atoms with Gasteiger partial charge in [0.25, 0.3) is 0 Å². The highest BCUT2D eigenvalue weighted by atomic mass is 32.1. The highest BCUT2D eigenvalue weighted by Gasteiger charge is 2.08. The molecule has 5 nitrogen and oxygen atoms in total. The number of aromatic amines is 1. The molecule has 1 aromatic carbocycles. The van der Waals surface area contributed by atoms with E-state index in [4.69, 9.17) is 12.2 Å². The zero-order valence-electron chi connectivity index (χ0n) is 11.0. The average Bonchev–Trinajstić information content (AvgIpc) is 2.89. The monoisotopic (exact) mass is 301 g/mol. The van der Waals surface area contributed by atoms with Gasteiger partial charge in [0.1, 0.15) is 5.82 Å². The van der Waals surface area contributed by atoms with Crippen molar-refractivity contribution in [2.45, 2.75) is 6.54 Å². The zero-order chi connectivity index (χ0) is 14.7. The van der Waals surface area contributed by atoms with E-state index in [1.165, 1.54) is 12.1 Å². The Labute approximate surface area is 125 Å². The number of benzene rings is 1. The highest BCUT2D eigenvalue weighted by Crippen LogP contribution is 2.15. The molecular weight excluding hydrogens is 289 g/mol. The lowest BCUT2D eigenvalue weighted by Crippen LogP contribution is -2.15. The maximum atomic E-state index is 12.9. The van der Waals surface area contributed by atoms with Crippen molar-refractivity contribution >= 4 is 12.2 Å². The molecule has 0 radical (unpaired) electrons. The van der Waals surface area contributed by atoms with E-state index in [0.717, 1.165) is 11.1 Å². The fraction of sp³-hybridized carbons (Fsp3) is 0.0714. The van der Waals surface area contributed by atoms with Gasteiger partial charge < -0.3 is 5.43 Å². The Kier molecular flexibility index (Phi) is 3.74. The normalized spacial score (nSPS) is 10.5. The lowest BCUT2D eigenvalue weighted by molar-refractivity contribution is 0.627. The molecule has 0 aliphatic heterocycles. The van der Waals surface area contributed by atoms with Crippen LogP contribution in [-0.4, -0.2) is 19.9 Å². The first-order valence-corrected chi connectivity index (χ1v) is 6.71. The number of H-pyrrole nitrogens is 1. The Balaban J connectivity index is 1.84. The summed E-state index contributed by atoms with van der Waals surface area (Å²) in [6.45, 7) is 0.506. The second kappa shape index (κ2) is 5.84. The molecule has 0 bridgehead atoms. The van der Waals surface area contributed by atoms with Gasteiger partial charge in [0.2, 0.25) is 4.77 Å². The molecule has 21 heavy (non-hydrogen) atoms. The van der Waals surface area contributed by atoms with Crippen molar-refractivity contribution in [3.63, 3.8) is 0 Å². The van der Waals surface area contributed by atoms with E-state index in [0.29, 0.717) is 17.1 Å². The van der Waals surface area contributed by atoms with Gasteiger partial charge in [-0.2, -0.15) is 5.10 Å². The molecule has 2 aromatic heterocycles. The van der Waals surface area contributed by atoms with E-state index >= 15 is 0 Å². The summed E-state index contributed by atoms with van der Waals surface area (Å²) in [4.78, 5) is 3.98. The molecule has 106 valence electrons. The summed E-state index contributed by atoms with van der Waals surface area (Å²) in [6, 6.07) is 9.99. The van der Waals surface area contributed by atoms with Crippen molar-refractivity contribution < 1.29 is 4.39 Å². The van der Waals surface area contributed by atoms with Crippen LogP contribution in [0.1, 0.15) is 5.56 Å². The van der Waals surface area contributed by atoms with Gasteiger partial charge in [-0.05, 0) is 42.0 Å². The zero-order valence-corrected chi connectivity index (χ0v) is 11.8. The molecule has 2 N–H and O–H groups in total. The van der Waals surface area contributed by atoms with Crippen LogP contribution in [-0.2, 0) is 6.54 Å². The first-order chi connectivity index (χ1) is 10.2. The Morgan fingerprint density at radius 1 is 1.14 bits per heavy atom. The fourth-order valence-corrected chi connectivity index (χ4v) is 2.11. The van der Waals surface area contributed by atoms with Gasteiger partial charge in [-0.1, -0.05) is 12.1 Å². The van der Waals surface area contributed by atoms with Crippen LogP contribution in [0.4, 0.5) is 4.39 Å². The van der Waals surface area contributed by atoms with Gasteiger partial charge in [-0.15, -0.1) is 0 Å². The maximum Gasteiger partial charge on any atom is 0.214 e. The van der Waals surface area contributed by atoms with Crippen LogP contribution in [0.5, 0.6) is 0 Å². The summed E-state index contributed by atoms with van der Waals surface area (Å²) in [5.41, 5.74) is 5.01.